The van der Waals surface area contributed by atoms with Crippen LogP contribution in [0.25, 0.3) is 0 Å². The van der Waals surface area contributed by atoms with E-state index < -0.39 is 0 Å². The number of aromatic nitrogens is 1. The number of nitrogens with two attached hydrogens (primary N) is 1. The smallest absolute Gasteiger partial charge is 0.325 e. The van der Waals surface area contributed by atoms with Crippen molar-refractivity contribution in [2.75, 3.05) is 17.7 Å². The second-order valence-corrected chi connectivity index (χ2v) is 6.85. The van der Waals surface area contributed by atoms with Crippen LogP contribution in [0.3, 0.4) is 0 Å². The van der Waals surface area contributed by atoms with Gasteiger partial charge in [0.2, 0.25) is 0 Å². The van der Waals surface area contributed by atoms with Gasteiger partial charge in [-0.2, -0.15) is 0 Å². The van der Waals surface area contributed by atoms with Crippen molar-refractivity contribution in [3.63, 3.8) is 0 Å². The first-order chi connectivity index (χ1) is 13.2. The molecule has 2 amide bonds. The number of thiazole rings is 1. The van der Waals surface area contributed by atoms with Gasteiger partial charge in [-0.3, -0.25) is 5.32 Å². The summed E-state index contributed by atoms with van der Waals surface area (Å²) >= 11 is 1.35. The molecule has 2 aromatic carbocycles. The summed E-state index contributed by atoms with van der Waals surface area (Å²) in [4.78, 5) is 16.6. The number of methoxy groups -OCH3 is 1. The number of para-hydroxylation sites is 2. The Kier molecular flexibility index (Phi) is 6.40. The summed E-state index contributed by atoms with van der Waals surface area (Å²) in [6, 6.07) is 16.9. The van der Waals surface area contributed by atoms with Crippen LogP contribution in [-0.2, 0) is 6.42 Å². The van der Waals surface area contributed by atoms with E-state index in [0.717, 1.165) is 18.5 Å². The van der Waals surface area contributed by atoms with E-state index >= 15 is 0 Å². The van der Waals surface area contributed by atoms with Gasteiger partial charge in [-0.15, -0.1) is 11.3 Å². The Balaban J connectivity index is 1.54. The Hall–Kier alpha value is -2.90. The fraction of sp³-hybridized carbons (Fsp3) is 0.200. The Bertz CT molecular complexity index is 882. The predicted molar refractivity (Wildman–Crippen MR) is 109 cm³/mol. The summed E-state index contributed by atoms with van der Waals surface area (Å²) in [5.41, 5.74) is 8.87. The minimum absolute atomic E-state index is 0.172. The number of ether oxygens (including phenoxy) is 1. The van der Waals surface area contributed by atoms with E-state index in [1.54, 1.807) is 19.2 Å². The summed E-state index contributed by atoms with van der Waals surface area (Å²) in [6.07, 6.45) is 1.68. The van der Waals surface area contributed by atoms with Crippen molar-refractivity contribution in [3.8, 4) is 5.75 Å². The van der Waals surface area contributed by atoms with Crippen LogP contribution in [0.1, 0.15) is 23.7 Å². The zero-order valence-electron chi connectivity index (χ0n) is 15.0. The van der Waals surface area contributed by atoms with Crippen LogP contribution in [0.5, 0.6) is 5.75 Å². The van der Waals surface area contributed by atoms with Crippen LogP contribution in [-0.4, -0.2) is 18.1 Å². The number of rotatable bonds is 7. The first kappa shape index (κ1) is 18.9. The molecule has 7 heteroatoms. The summed E-state index contributed by atoms with van der Waals surface area (Å²) < 4.78 is 5.22. The molecular weight excluding hydrogens is 360 g/mol. The van der Waals surface area contributed by atoms with E-state index in [2.05, 4.69) is 27.8 Å². The minimum Gasteiger partial charge on any atom is -0.495 e. The van der Waals surface area contributed by atoms with Gasteiger partial charge in [0.15, 0.2) is 5.13 Å². The van der Waals surface area contributed by atoms with Gasteiger partial charge in [0, 0.05) is 11.4 Å². The number of hydrogen-bond donors (Lipinski definition) is 3. The predicted octanol–water partition coefficient (Wildman–Crippen LogP) is 4.43. The highest BCUT2D eigenvalue weighted by atomic mass is 32.1. The van der Waals surface area contributed by atoms with Crippen LogP contribution < -0.4 is 21.1 Å². The molecule has 0 fully saturated rings. The van der Waals surface area contributed by atoms with Crippen molar-refractivity contribution < 1.29 is 9.53 Å². The van der Waals surface area contributed by atoms with Crippen LogP contribution in [0, 0.1) is 0 Å². The number of hydrogen-bond acceptors (Lipinski definition) is 5. The number of anilines is 2. The highest BCUT2D eigenvalue weighted by molar-refractivity contribution is 7.13. The van der Waals surface area contributed by atoms with E-state index in [1.807, 2.05) is 35.7 Å². The molecule has 0 bridgehead atoms. The Labute approximate surface area is 162 Å². The Morgan fingerprint density at radius 1 is 1.15 bits per heavy atom. The van der Waals surface area contributed by atoms with E-state index in [0.29, 0.717) is 16.6 Å². The molecule has 1 atom stereocenters. The molecule has 1 aromatic heterocycles. The summed E-state index contributed by atoms with van der Waals surface area (Å²) in [5, 5.41) is 7.88. The maximum Gasteiger partial charge on any atom is 0.325 e. The van der Waals surface area contributed by atoms with Gasteiger partial charge in [0.1, 0.15) is 5.75 Å². The second kappa shape index (κ2) is 9.16. The van der Waals surface area contributed by atoms with Crippen LogP contribution >= 0.6 is 11.3 Å². The molecule has 3 rings (SSSR count). The number of benzene rings is 2. The van der Waals surface area contributed by atoms with Crippen molar-refractivity contribution in [1.82, 2.24) is 4.98 Å². The third-order valence-corrected chi connectivity index (χ3v) is 4.84. The van der Waals surface area contributed by atoms with Crippen molar-refractivity contribution in [2.45, 2.75) is 18.9 Å². The summed E-state index contributed by atoms with van der Waals surface area (Å²) in [5.74, 6) is 0.593. The lowest BCUT2D eigenvalue weighted by molar-refractivity contribution is 0.262. The SMILES string of the molecule is COc1ccccc1NC(=O)Nc1nc(C(N)CCc2ccccc2)cs1. The summed E-state index contributed by atoms with van der Waals surface area (Å²) in [6.45, 7) is 0. The van der Waals surface area contributed by atoms with Gasteiger partial charge < -0.3 is 15.8 Å². The first-order valence-corrected chi connectivity index (χ1v) is 9.49. The van der Waals surface area contributed by atoms with Gasteiger partial charge in [0.25, 0.3) is 0 Å². The van der Waals surface area contributed by atoms with E-state index in [4.69, 9.17) is 10.5 Å². The van der Waals surface area contributed by atoms with Gasteiger partial charge in [0.05, 0.1) is 18.5 Å². The molecule has 6 nitrogen and oxygen atoms in total. The number of carbonyl (C=O) groups excluding carboxylic acids is 1. The topological polar surface area (TPSA) is 89.3 Å². The van der Waals surface area contributed by atoms with Crippen molar-refractivity contribution in [2.24, 2.45) is 5.73 Å². The lowest BCUT2D eigenvalue weighted by atomic mass is 10.0. The number of nitrogens with zero attached hydrogens (tertiary/aromatic N) is 1. The molecule has 1 unspecified atom stereocenters. The number of aryl methyl sites for hydroxylation is 1. The highest BCUT2D eigenvalue weighted by Gasteiger charge is 2.13. The van der Waals surface area contributed by atoms with Crippen molar-refractivity contribution in [1.29, 1.82) is 0 Å². The third-order valence-electron chi connectivity index (χ3n) is 4.06. The molecule has 0 aliphatic heterocycles. The lowest BCUT2D eigenvalue weighted by Crippen LogP contribution is -2.20. The molecule has 0 spiro atoms. The summed E-state index contributed by atoms with van der Waals surface area (Å²) in [7, 11) is 1.56. The normalized spacial score (nSPS) is 11.6. The quantitative estimate of drug-likeness (QED) is 0.564. The molecule has 3 aromatic rings. The maximum atomic E-state index is 12.2. The largest absolute Gasteiger partial charge is 0.495 e. The maximum absolute atomic E-state index is 12.2. The van der Waals surface area contributed by atoms with Gasteiger partial charge >= 0.3 is 6.03 Å². The first-order valence-electron chi connectivity index (χ1n) is 8.61. The number of urea groups is 1. The number of carbonyl (C=O) groups is 1. The van der Waals surface area contributed by atoms with Gasteiger partial charge in [-0.25, -0.2) is 9.78 Å². The minimum atomic E-state index is -0.377. The molecule has 0 aliphatic carbocycles. The van der Waals surface area contributed by atoms with Gasteiger partial charge in [-0.1, -0.05) is 42.5 Å². The Morgan fingerprint density at radius 3 is 2.67 bits per heavy atom. The second-order valence-electron chi connectivity index (χ2n) is 5.99. The molecule has 27 heavy (non-hydrogen) atoms. The van der Waals surface area contributed by atoms with Crippen molar-refractivity contribution in [3.05, 3.63) is 71.2 Å². The zero-order valence-corrected chi connectivity index (χ0v) is 15.8. The molecule has 4 N–H and O–H groups in total. The molecule has 0 saturated carbocycles. The fourth-order valence-corrected chi connectivity index (χ4v) is 3.40. The molecule has 140 valence electrons. The van der Waals surface area contributed by atoms with E-state index in [-0.39, 0.29) is 12.1 Å². The highest BCUT2D eigenvalue weighted by Crippen LogP contribution is 2.25. The van der Waals surface area contributed by atoms with E-state index in [1.165, 1.54) is 16.9 Å². The number of amides is 2. The van der Waals surface area contributed by atoms with Crippen LogP contribution in [0.15, 0.2) is 60.0 Å². The monoisotopic (exact) mass is 382 g/mol. The Morgan fingerprint density at radius 2 is 1.89 bits per heavy atom. The average molecular weight is 382 g/mol. The molecular formula is C20H22N4O2S. The lowest BCUT2D eigenvalue weighted by Gasteiger charge is -2.10. The third kappa shape index (κ3) is 5.29. The molecule has 0 aliphatic rings. The van der Waals surface area contributed by atoms with Crippen LogP contribution in [0.4, 0.5) is 15.6 Å². The van der Waals surface area contributed by atoms with Crippen molar-refractivity contribution >= 4 is 28.2 Å². The zero-order chi connectivity index (χ0) is 19.1. The molecule has 0 saturated heterocycles. The van der Waals surface area contributed by atoms with Gasteiger partial charge in [-0.05, 0) is 30.5 Å². The van der Waals surface area contributed by atoms with Crippen LogP contribution in [0.2, 0.25) is 0 Å². The average Bonchev–Trinajstić information content (AvgIpc) is 3.15. The number of nitrogens with one attached hydrogen (secondary N) is 2. The fourth-order valence-electron chi connectivity index (χ4n) is 2.63. The van der Waals surface area contributed by atoms with E-state index in [9.17, 15) is 4.79 Å². The molecule has 1 heterocycles. The molecule has 0 radical (unpaired) electrons. The standard InChI is InChI=1S/C20H22N4O2S/c1-26-18-10-6-5-9-16(18)22-19(25)24-20-23-17(13-27-20)15(21)12-11-14-7-3-2-4-8-14/h2-10,13,15H,11-12,21H2,1H3,(H2,22,23,24,25).